The summed E-state index contributed by atoms with van der Waals surface area (Å²) in [4.78, 5) is 6.15. The van der Waals surface area contributed by atoms with E-state index in [1.165, 1.54) is 4.88 Å². The molecule has 4 nitrogen and oxygen atoms in total. The highest BCUT2D eigenvalue weighted by molar-refractivity contribution is 7.16. The summed E-state index contributed by atoms with van der Waals surface area (Å²) in [7, 11) is 1.86. The van der Waals surface area contributed by atoms with Gasteiger partial charge < -0.3 is 5.32 Å². The van der Waals surface area contributed by atoms with Crippen LogP contribution in [0.4, 0.5) is 5.00 Å². The third kappa shape index (κ3) is 3.03. The van der Waals surface area contributed by atoms with Gasteiger partial charge in [-0.2, -0.15) is 0 Å². The summed E-state index contributed by atoms with van der Waals surface area (Å²) in [6.07, 6.45) is 1.06. The lowest BCUT2D eigenvalue weighted by molar-refractivity contribution is 0.507. The highest BCUT2D eigenvalue weighted by Gasteiger charge is 2.22. The van der Waals surface area contributed by atoms with E-state index >= 15 is 0 Å². The van der Waals surface area contributed by atoms with Gasteiger partial charge in [-0.05, 0) is 25.6 Å². The Labute approximate surface area is 139 Å². The van der Waals surface area contributed by atoms with Crippen LogP contribution in [0.3, 0.4) is 0 Å². The van der Waals surface area contributed by atoms with Crippen molar-refractivity contribution < 1.29 is 0 Å². The Balaban J connectivity index is 2.09. The largest absolute Gasteiger partial charge is 0.358 e. The lowest BCUT2D eigenvalue weighted by Crippen LogP contribution is -2.45. The molecule has 3 N–H and O–H groups in total. The topological polar surface area (TPSA) is 48.4 Å². The number of aryl methyl sites for hydroxylation is 1. The summed E-state index contributed by atoms with van der Waals surface area (Å²) in [5, 5.41) is 5.39. The monoisotopic (exact) mass is 334 g/mol. The standard InChI is InChI=1S/C16H19ClN4S/c1-3-10-8-12-15(11-6-4-5-7-13(11)17)19-9-14(21-18-2)20-16(12)22-10/h4-8,14,18,20-21H,3,9H2,1-2H3. The van der Waals surface area contributed by atoms with Crippen LogP contribution in [0.2, 0.25) is 5.02 Å². The van der Waals surface area contributed by atoms with E-state index in [1.807, 2.05) is 31.3 Å². The first-order valence-electron chi connectivity index (χ1n) is 7.34. The van der Waals surface area contributed by atoms with Gasteiger partial charge in [-0.3, -0.25) is 10.4 Å². The maximum absolute atomic E-state index is 6.39. The van der Waals surface area contributed by atoms with Crippen LogP contribution >= 0.6 is 22.9 Å². The fourth-order valence-electron chi connectivity index (χ4n) is 2.51. The summed E-state index contributed by atoms with van der Waals surface area (Å²) >= 11 is 8.17. The van der Waals surface area contributed by atoms with Gasteiger partial charge in [0, 0.05) is 21.0 Å². The van der Waals surface area contributed by atoms with Gasteiger partial charge in [0.1, 0.15) is 6.17 Å². The van der Waals surface area contributed by atoms with Gasteiger partial charge in [0.05, 0.1) is 17.3 Å². The molecule has 116 valence electrons. The van der Waals surface area contributed by atoms with Gasteiger partial charge in [-0.15, -0.1) is 11.3 Å². The number of aliphatic imine (C=N–C) groups is 1. The fraction of sp³-hybridized carbons (Fsp3) is 0.312. The van der Waals surface area contributed by atoms with Crippen molar-refractivity contribution in [1.29, 1.82) is 0 Å². The number of fused-ring (bicyclic) bond motifs is 1. The summed E-state index contributed by atoms with van der Waals surface area (Å²) in [6.45, 7) is 2.80. The maximum Gasteiger partial charge on any atom is 0.110 e. The van der Waals surface area contributed by atoms with Crippen molar-refractivity contribution in [2.75, 3.05) is 18.9 Å². The van der Waals surface area contributed by atoms with Crippen LogP contribution in [0.25, 0.3) is 0 Å². The van der Waals surface area contributed by atoms with Crippen LogP contribution in [-0.4, -0.2) is 25.5 Å². The van der Waals surface area contributed by atoms with Crippen LogP contribution in [0.5, 0.6) is 0 Å². The quantitative estimate of drug-likeness (QED) is 0.752. The van der Waals surface area contributed by atoms with Crippen LogP contribution in [0.1, 0.15) is 22.9 Å². The average Bonchev–Trinajstić information content (AvgIpc) is 2.85. The summed E-state index contributed by atoms with van der Waals surface area (Å²) in [5.41, 5.74) is 9.25. The molecule has 0 radical (unpaired) electrons. The summed E-state index contributed by atoms with van der Waals surface area (Å²) < 4.78 is 0. The Morgan fingerprint density at radius 3 is 2.91 bits per heavy atom. The molecule has 1 aromatic heterocycles. The zero-order valence-electron chi connectivity index (χ0n) is 12.6. The molecule has 22 heavy (non-hydrogen) atoms. The van der Waals surface area contributed by atoms with Gasteiger partial charge in [0.15, 0.2) is 0 Å². The SMILES string of the molecule is CCc1cc2c(s1)NC(NNC)CN=C2c1ccccc1Cl. The second-order valence-electron chi connectivity index (χ2n) is 5.07. The smallest absolute Gasteiger partial charge is 0.110 e. The van der Waals surface area contributed by atoms with Gasteiger partial charge >= 0.3 is 0 Å². The minimum absolute atomic E-state index is 0.0482. The first kappa shape index (κ1) is 15.5. The molecule has 0 bridgehead atoms. The molecule has 0 saturated carbocycles. The van der Waals surface area contributed by atoms with Crippen molar-refractivity contribution in [3.63, 3.8) is 0 Å². The molecule has 2 aromatic rings. The van der Waals surface area contributed by atoms with Gasteiger partial charge in [-0.1, -0.05) is 36.7 Å². The Bertz CT molecular complexity index is 695. The molecule has 1 unspecified atom stereocenters. The van der Waals surface area contributed by atoms with E-state index in [2.05, 4.69) is 29.2 Å². The Morgan fingerprint density at radius 1 is 1.36 bits per heavy atom. The molecule has 0 spiro atoms. The second kappa shape index (κ2) is 6.79. The first-order valence-corrected chi connectivity index (χ1v) is 8.53. The molecule has 0 aliphatic carbocycles. The third-order valence-electron chi connectivity index (χ3n) is 3.57. The van der Waals surface area contributed by atoms with Crippen molar-refractivity contribution in [2.45, 2.75) is 19.5 Å². The Kier molecular flexibility index (Phi) is 4.78. The molecule has 1 aromatic carbocycles. The number of halogens is 1. The molecule has 1 aliphatic heterocycles. The predicted molar refractivity (Wildman–Crippen MR) is 95.3 cm³/mol. The highest BCUT2D eigenvalue weighted by Crippen LogP contribution is 2.34. The van der Waals surface area contributed by atoms with E-state index in [9.17, 15) is 0 Å². The third-order valence-corrected chi connectivity index (χ3v) is 5.11. The molecule has 3 rings (SSSR count). The molecule has 6 heteroatoms. The maximum atomic E-state index is 6.39. The van der Waals surface area contributed by atoms with E-state index in [0.29, 0.717) is 6.54 Å². The molecular weight excluding hydrogens is 316 g/mol. The normalized spacial score (nSPS) is 17.4. The van der Waals surface area contributed by atoms with E-state index in [-0.39, 0.29) is 6.17 Å². The number of rotatable bonds is 4. The molecular formula is C16H19ClN4S. The molecule has 1 atom stereocenters. The number of benzene rings is 1. The van der Waals surface area contributed by atoms with Crippen LogP contribution < -0.4 is 16.2 Å². The fourth-order valence-corrected chi connectivity index (χ4v) is 3.79. The van der Waals surface area contributed by atoms with Crippen molar-refractivity contribution in [3.05, 3.63) is 51.4 Å². The van der Waals surface area contributed by atoms with Crippen molar-refractivity contribution in [2.24, 2.45) is 4.99 Å². The van der Waals surface area contributed by atoms with Crippen LogP contribution in [0, 0.1) is 0 Å². The summed E-state index contributed by atoms with van der Waals surface area (Å²) in [6, 6.07) is 10.1. The van der Waals surface area contributed by atoms with Crippen LogP contribution in [0.15, 0.2) is 35.3 Å². The van der Waals surface area contributed by atoms with E-state index in [4.69, 9.17) is 16.6 Å². The van der Waals surface area contributed by atoms with E-state index in [1.54, 1.807) is 11.3 Å². The minimum atomic E-state index is 0.0482. The predicted octanol–water partition coefficient (Wildman–Crippen LogP) is 3.28. The van der Waals surface area contributed by atoms with E-state index in [0.717, 1.165) is 33.3 Å². The summed E-state index contributed by atoms with van der Waals surface area (Å²) in [5.74, 6) is 0. The molecule has 1 aliphatic rings. The molecule has 0 amide bonds. The Morgan fingerprint density at radius 2 is 2.18 bits per heavy atom. The first-order chi connectivity index (χ1) is 10.7. The lowest BCUT2D eigenvalue weighted by atomic mass is 10.0. The lowest BCUT2D eigenvalue weighted by Gasteiger charge is -2.16. The number of hydrogen-bond donors (Lipinski definition) is 3. The zero-order chi connectivity index (χ0) is 15.5. The number of hydrogen-bond acceptors (Lipinski definition) is 5. The Hall–Kier alpha value is -1.40. The number of thiophene rings is 1. The molecule has 2 heterocycles. The zero-order valence-corrected chi connectivity index (χ0v) is 14.2. The number of nitrogens with one attached hydrogen (secondary N) is 3. The number of hydrazine groups is 1. The number of anilines is 1. The second-order valence-corrected chi connectivity index (χ2v) is 6.61. The van der Waals surface area contributed by atoms with Gasteiger partial charge in [-0.25, -0.2) is 5.43 Å². The highest BCUT2D eigenvalue weighted by atomic mass is 35.5. The van der Waals surface area contributed by atoms with Crippen LogP contribution in [-0.2, 0) is 6.42 Å². The molecule has 0 fully saturated rings. The average molecular weight is 335 g/mol. The van der Waals surface area contributed by atoms with E-state index < -0.39 is 0 Å². The van der Waals surface area contributed by atoms with Crippen molar-refractivity contribution >= 4 is 33.7 Å². The van der Waals surface area contributed by atoms with Gasteiger partial charge in [0.25, 0.3) is 0 Å². The van der Waals surface area contributed by atoms with Gasteiger partial charge in [0.2, 0.25) is 0 Å². The van der Waals surface area contributed by atoms with Crippen molar-refractivity contribution in [3.8, 4) is 0 Å². The minimum Gasteiger partial charge on any atom is -0.358 e. The number of nitrogens with zero attached hydrogens (tertiary/aromatic N) is 1. The molecule has 0 saturated heterocycles. The van der Waals surface area contributed by atoms with Crippen molar-refractivity contribution in [1.82, 2.24) is 10.9 Å².